The predicted molar refractivity (Wildman–Crippen MR) is 134 cm³/mol. The van der Waals surface area contributed by atoms with Gasteiger partial charge >= 0.3 is 0 Å². The van der Waals surface area contributed by atoms with E-state index in [0.29, 0.717) is 27.6 Å². The summed E-state index contributed by atoms with van der Waals surface area (Å²) in [6.07, 6.45) is 13.3. The standard InChI is InChI=1S/C30H49NO/c1-19(2)20-11-14-27(5)17-18-29(7)21(25(20)27)9-10-23-28(6)15-13-24(31-32)26(3,4)22(28)12-16-30(23,29)8/h20-23,25,32H,1,9-18H2,2-8H3/t20-,21+,22-,23+,25+,27+,28-,29+,30+/m0/s1. The number of hydrogen-bond acceptors (Lipinski definition) is 2. The van der Waals surface area contributed by atoms with Crippen LogP contribution in [0.1, 0.15) is 113 Å². The van der Waals surface area contributed by atoms with Crippen LogP contribution in [0.3, 0.4) is 0 Å². The lowest BCUT2D eigenvalue weighted by Gasteiger charge is -2.72. The van der Waals surface area contributed by atoms with Crippen LogP contribution in [0, 0.1) is 56.7 Å². The highest BCUT2D eigenvalue weighted by Gasteiger charge is 2.70. The number of oxime groups is 1. The second-order valence-electron chi connectivity index (χ2n) is 14.6. The molecule has 2 nitrogen and oxygen atoms in total. The number of nitrogens with zero attached hydrogens (tertiary/aromatic N) is 1. The first-order valence-corrected chi connectivity index (χ1v) is 13.7. The summed E-state index contributed by atoms with van der Waals surface area (Å²) < 4.78 is 0. The Bertz CT molecular complexity index is 842. The number of fused-ring (bicyclic) bond motifs is 7. The van der Waals surface area contributed by atoms with Crippen molar-refractivity contribution in [1.29, 1.82) is 0 Å². The molecule has 180 valence electrons. The predicted octanol–water partition coefficient (Wildman–Crippen LogP) is 8.49. The lowest BCUT2D eigenvalue weighted by molar-refractivity contribution is -0.226. The van der Waals surface area contributed by atoms with Gasteiger partial charge in [0.05, 0.1) is 5.71 Å². The lowest BCUT2D eigenvalue weighted by Crippen LogP contribution is -2.66. The molecule has 0 aromatic carbocycles. The van der Waals surface area contributed by atoms with Crippen LogP contribution < -0.4 is 0 Å². The second-order valence-corrected chi connectivity index (χ2v) is 14.6. The van der Waals surface area contributed by atoms with Gasteiger partial charge in [0.25, 0.3) is 0 Å². The van der Waals surface area contributed by atoms with Gasteiger partial charge in [-0.2, -0.15) is 0 Å². The zero-order valence-corrected chi connectivity index (χ0v) is 22.1. The Labute approximate surface area is 197 Å². The van der Waals surface area contributed by atoms with Crippen molar-refractivity contribution in [2.75, 3.05) is 0 Å². The minimum absolute atomic E-state index is 0.0163. The molecule has 0 aliphatic heterocycles. The first-order chi connectivity index (χ1) is 14.8. The molecule has 5 aliphatic rings. The highest BCUT2D eigenvalue weighted by atomic mass is 16.4. The quantitative estimate of drug-likeness (QED) is 0.248. The molecule has 0 aromatic rings. The highest BCUT2D eigenvalue weighted by molar-refractivity contribution is 5.90. The summed E-state index contributed by atoms with van der Waals surface area (Å²) >= 11 is 0. The zero-order chi connectivity index (χ0) is 23.3. The van der Waals surface area contributed by atoms with E-state index in [-0.39, 0.29) is 5.41 Å². The number of hydrogen-bond donors (Lipinski definition) is 1. The van der Waals surface area contributed by atoms with Crippen LogP contribution in [0.5, 0.6) is 0 Å². The third-order valence-electron chi connectivity index (χ3n) is 13.4. The Morgan fingerprint density at radius 2 is 1.56 bits per heavy atom. The van der Waals surface area contributed by atoms with Crippen molar-refractivity contribution in [1.82, 2.24) is 0 Å². The van der Waals surface area contributed by atoms with Crippen molar-refractivity contribution in [3.63, 3.8) is 0 Å². The third-order valence-corrected chi connectivity index (χ3v) is 13.4. The SMILES string of the molecule is C=C(C)[C@@H]1CC[C@]2(C)CC[C@]3(C)[C@H](CC[C@@H]4[C@@]5(C)CCC(=NO)C(C)(C)[C@@H]5CC[C@]43C)[C@@H]12. The van der Waals surface area contributed by atoms with Crippen molar-refractivity contribution in [3.05, 3.63) is 12.2 Å². The van der Waals surface area contributed by atoms with E-state index in [2.05, 4.69) is 60.2 Å². The maximum absolute atomic E-state index is 9.74. The van der Waals surface area contributed by atoms with Gasteiger partial charge in [-0.25, -0.2) is 0 Å². The minimum atomic E-state index is 0.0163. The van der Waals surface area contributed by atoms with E-state index in [0.717, 1.165) is 35.8 Å². The fourth-order valence-corrected chi connectivity index (χ4v) is 11.5. The van der Waals surface area contributed by atoms with E-state index in [9.17, 15) is 5.21 Å². The van der Waals surface area contributed by atoms with Crippen LogP contribution in [0.15, 0.2) is 17.3 Å². The molecule has 5 saturated carbocycles. The summed E-state index contributed by atoms with van der Waals surface area (Å²) in [5, 5.41) is 13.5. The molecule has 2 heteroatoms. The number of allylic oxidation sites excluding steroid dienone is 1. The fourth-order valence-electron chi connectivity index (χ4n) is 11.5. The summed E-state index contributed by atoms with van der Waals surface area (Å²) in [5.41, 5.74) is 4.29. The van der Waals surface area contributed by atoms with Crippen LogP contribution in [-0.4, -0.2) is 10.9 Å². The molecule has 0 unspecified atom stereocenters. The van der Waals surface area contributed by atoms with Crippen molar-refractivity contribution in [3.8, 4) is 0 Å². The van der Waals surface area contributed by atoms with E-state index in [1.807, 2.05) is 0 Å². The van der Waals surface area contributed by atoms with Crippen LogP contribution in [0.25, 0.3) is 0 Å². The van der Waals surface area contributed by atoms with Gasteiger partial charge in [-0.3, -0.25) is 0 Å². The van der Waals surface area contributed by atoms with E-state index in [1.165, 1.54) is 63.4 Å². The first kappa shape index (κ1) is 23.0. The normalized spacial score (nSPS) is 55.5. The van der Waals surface area contributed by atoms with Gasteiger partial charge in [0, 0.05) is 5.41 Å². The molecule has 0 heterocycles. The van der Waals surface area contributed by atoms with Gasteiger partial charge in [0.2, 0.25) is 0 Å². The maximum Gasteiger partial charge on any atom is 0.0630 e. The van der Waals surface area contributed by atoms with Crippen LogP contribution >= 0.6 is 0 Å². The molecule has 0 amide bonds. The second kappa shape index (κ2) is 6.88. The van der Waals surface area contributed by atoms with Crippen LogP contribution in [0.2, 0.25) is 0 Å². The van der Waals surface area contributed by atoms with Crippen LogP contribution in [0.4, 0.5) is 0 Å². The molecule has 0 bridgehead atoms. The summed E-state index contributed by atoms with van der Waals surface area (Å²) in [6.45, 7) is 22.2. The Balaban J connectivity index is 1.54. The summed E-state index contributed by atoms with van der Waals surface area (Å²) in [4.78, 5) is 0. The molecule has 0 spiro atoms. The van der Waals surface area contributed by atoms with Gasteiger partial charge in [-0.15, -0.1) is 0 Å². The molecule has 1 N–H and O–H groups in total. The van der Waals surface area contributed by atoms with E-state index in [1.54, 1.807) is 0 Å². The van der Waals surface area contributed by atoms with Crippen LogP contribution in [-0.2, 0) is 0 Å². The van der Waals surface area contributed by atoms with E-state index in [4.69, 9.17) is 0 Å². The molecule has 5 aliphatic carbocycles. The molecule has 32 heavy (non-hydrogen) atoms. The number of rotatable bonds is 1. The zero-order valence-electron chi connectivity index (χ0n) is 22.1. The maximum atomic E-state index is 9.74. The van der Waals surface area contributed by atoms with Gasteiger partial charge in [0.15, 0.2) is 0 Å². The van der Waals surface area contributed by atoms with E-state index >= 15 is 0 Å². The smallest absolute Gasteiger partial charge is 0.0630 e. The van der Waals surface area contributed by atoms with Gasteiger partial charge in [-0.1, -0.05) is 58.9 Å². The molecule has 0 aromatic heterocycles. The summed E-state index contributed by atoms with van der Waals surface area (Å²) in [5.74, 6) is 3.88. The van der Waals surface area contributed by atoms with Crippen molar-refractivity contribution < 1.29 is 5.21 Å². The average molecular weight is 440 g/mol. The molecular formula is C30H49NO. The minimum Gasteiger partial charge on any atom is -0.411 e. The Kier molecular flexibility index (Phi) is 4.94. The molecule has 0 radical (unpaired) electrons. The van der Waals surface area contributed by atoms with Crippen molar-refractivity contribution in [2.45, 2.75) is 113 Å². The Morgan fingerprint density at radius 3 is 2.22 bits per heavy atom. The topological polar surface area (TPSA) is 32.6 Å². The molecule has 5 fully saturated rings. The molecular weight excluding hydrogens is 390 g/mol. The van der Waals surface area contributed by atoms with Gasteiger partial charge < -0.3 is 5.21 Å². The van der Waals surface area contributed by atoms with E-state index < -0.39 is 0 Å². The van der Waals surface area contributed by atoms with Gasteiger partial charge in [0.1, 0.15) is 0 Å². The largest absolute Gasteiger partial charge is 0.411 e. The van der Waals surface area contributed by atoms with Crippen molar-refractivity contribution >= 4 is 5.71 Å². The fraction of sp³-hybridized carbons (Fsp3) is 0.900. The monoisotopic (exact) mass is 439 g/mol. The Morgan fingerprint density at radius 1 is 0.844 bits per heavy atom. The summed E-state index contributed by atoms with van der Waals surface area (Å²) in [7, 11) is 0. The summed E-state index contributed by atoms with van der Waals surface area (Å²) in [6, 6.07) is 0. The molecule has 0 saturated heterocycles. The Hall–Kier alpha value is -0.790. The van der Waals surface area contributed by atoms with Crippen molar-refractivity contribution in [2.24, 2.45) is 61.8 Å². The highest BCUT2D eigenvalue weighted by Crippen LogP contribution is 2.77. The van der Waals surface area contributed by atoms with Gasteiger partial charge in [-0.05, 0) is 122 Å². The first-order valence-electron chi connectivity index (χ1n) is 13.7. The third kappa shape index (κ3) is 2.62. The lowest BCUT2D eigenvalue weighted by atomic mass is 9.32. The molecule has 5 rings (SSSR count). The molecule has 9 atom stereocenters. The average Bonchev–Trinajstić information content (AvgIpc) is 3.06.